The first-order chi connectivity index (χ1) is 14.8. The molecule has 8 N–H and O–H groups in total. The normalized spacial score (nSPS) is 13.4. The molecule has 0 fully saturated rings. The number of fused-ring (bicyclic) bond motifs is 2. The van der Waals surface area contributed by atoms with E-state index in [2.05, 4.69) is 9.97 Å². The van der Waals surface area contributed by atoms with Gasteiger partial charge in [-0.05, 0) is 47.5 Å². The molecule has 1 unspecified atom stereocenters. The number of aromatic hydroxyl groups is 1. The summed E-state index contributed by atoms with van der Waals surface area (Å²) in [4.78, 5) is 29.7. The van der Waals surface area contributed by atoms with Crippen LogP contribution in [0.3, 0.4) is 0 Å². The van der Waals surface area contributed by atoms with E-state index in [4.69, 9.17) is 21.3 Å². The predicted molar refractivity (Wildman–Crippen MR) is 115 cm³/mol. The maximum absolute atomic E-state index is 12.6. The van der Waals surface area contributed by atoms with Gasteiger partial charge >= 0.3 is 11.9 Å². The minimum absolute atomic E-state index is 0.128. The lowest BCUT2D eigenvalue weighted by atomic mass is 10.0. The summed E-state index contributed by atoms with van der Waals surface area (Å²) in [6.07, 6.45) is 3.81. The van der Waals surface area contributed by atoms with E-state index in [1.807, 2.05) is 0 Å². The van der Waals surface area contributed by atoms with Crippen LogP contribution < -0.4 is 16.2 Å². The van der Waals surface area contributed by atoms with Gasteiger partial charge in [-0.25, -0.2) is 4.79 Å². The summed E-state index contributed by atoms with van der Waals surface area (Å²) in [5.41, 5.74) is 14.8. The number of carbonyl (C=O) groups excluding carboxylic acids is 1. The van der Waals surface area contributed by atoms with E-state index >= 15 is 0 Å². The Bertz CT molecular complexity index is 1280. The number of carboxylic acid groups (broad SMARTS) is 1. The summed E-state index contributed by atoms with van der Waals surface area (Å²) < 4.78 is 5.46. The van der Waals surface area contributed by atoms with Gasteiger partial charge in [-0.1, -0.05) is 0 Å². The second-order valence-corrected chi connectivity index (χ2v) is 7.45. The number of aliphatic carboxylic acids is 1. The summed E-state index contributed by atoms with van der Waals surface area (Å²) >= 11 is 0. The fourth-order valence-electron chi connectivity index (χ4n) is 3.56. The molecule has 0 saturated heterocycles. The summed E-state index contributed by atoms with van der Waals surface area (Å²) in [6.45, 7) is 0. The molecule has 0 bridgehead atoms. The molecular formula is C22H22N4O5. The molecule has 9 heteroatoms. The Labute approximate surface area is 176 Å². The standard InChI is InChI=1S/C22H22N4O5/c23-17(21(28)29)5-11-9-26-20-4-2-14(8-16(11)20)31-22(30)18(24)6-12-10-25-19-3-1-13(27)7-15(12)19/h1-4,7-10,17-18,25-27H,5-6,23-24H2,(H,28,29)/t17?,18-/m0/s1. The number of phenols is 1. The molecule has 2 aromatic carbocycles. The van der Waals surface area contributed by atoms with E-state index < -0.39 is 24.0 Å². The van der Waals surface area contributed by atoms with Crippen LogP contribution in [-0.4, -0.2) is 44.2 Å². The second-order valence-electron chi connectivity index (χ2n) is 7.45. The fraction of sp³-hybridized carbons (Fsp3) is 0.182. The minimum atomic E-state index is -1.09. The number of nitrogens with one attached hydrogen (secondary N) is 2. The lowest BCUT2D eigenvalue weighted by molar-refractivity contribution is -0.138. The van der Waals surface area contributed by atoms with Crippen molar-refractivity contribution in [2.75, 3.05) is 0 Å². The van der Waals surface area contributed by atoms with Crippen molar-refractivity contribution in [1.82, 2.24) is 9.97 Å². The number of esters is 1. The number of hydrogen-bond acceptors (Lipinski definition) is 6. The number of phenolic OH excluding ortho intramolecular Hbond substituents is 1. The van der Waals surface area contributed by atoms with Crippen LogP contribution in [0.1, 0.15) is 11.1 Å². The van der Waals surface area contributed by atoms with E-state index in [0.29, 0.717) is 11.3 Å². The molecule has 2 aromatic heterocycles. The molecule has 0 radical (unpaired) electrons. The molecular weight excluding hydrogens is 400 g/mol. The van der Waals surface area contributed by atoms with Gasteiger partial charge in [0, 0.05) is 47.0 Å². The zero-order valence-corrected chi connectivity index (χ0v) is 16.5. The van der Waals surface area contributed by atoms with Crippen LogP contribution in [0.4, 0.5) is 0 Å². The Morgan fingerprint density at radius 1 is 0.903 bits per heavy atom. The topological polar surface area (TPSA) is 167 Å². The Balaban J connectivity index is 1.49. The lowest BCUT2D eigenvalue weighted by Crippen LogP contribution is -2.36. The van der Waals surface area contributed by atoms with Gasteiger partial charge in [-0.15, -0.1) is 0 Å². The van der Waals surface area contributed by atoms with Gasteiger partial charge < -0.3 is 36.4 Å². The van der Waals surface area contributed by atoms with E-state index in [-0.39, 0.29) is 18.6 Å². The molecule has 9 nitrogen and oxygen atoms in total. The minimum Gasteiger partial charge on any atom is -0.508 e. The second kappa shape index (κ2) is 8.13. The molecule has 0 spiro atoms. The molecule has 2 heterocycles. The summed E-state index contributed by atoms with van der Waals surface area (Å²) in [5.74, 6) is -1.27. The Hall–Kier alpha value is -3.82. The van der Waals surface area contributed by atoms with Crippen molar-refractivity contribution in [1.29, 1.82) is 0 Å². The highest BCUT2D eigenvalue weighted by Gasteiger charge is 2.20. The highest BCUT2D eigenvalue weighted by atomic mass is 16.5. The van der Waals surface area contributed by atoms with Crippen LogP contribution in [0.15, 0.2) is 48.8 Å². The quantitative estimate of drug-likeness (QED) is 0.195. The van der Waals surface area contributed by atoms with Crippen molar-refractivity contribution in [2.45, 2.75) is 24.9 Å². The number of nitrogens with two attached hydrogens (primary N) is 2. The predicted octanol–water partition coefficient (Wildman–Crippen LogP) is 1.78. The molecule has 0 saturated carbocycles. The maximum atomic E-state index is 12.6. The van der Waals surface area contributed by atoms with Crippen molar-refractivity contribution < 1.29 is 24.5 Å². The Morgan fingerprint density at radius 2 is 1.48 bits per heavy atom. The van der Waals surface area contributed by atoms with Crippen molar-refractivity contribution >= 4 is 33.7 Å². The fourth-order valence-corrected chi connectivity index (χ4v) is 3.56. The van der Waals surface area contributed by atoms with Gasteiger partial charge in [0.1, 0.15) is 23.6 Å². The molecule has 0 aliphatic heterocycles. The smallest absolute Gasteiger partial charge is 0.328 e. The third kappa shape index (κ3) is 4.23. The first kappa shape index (κ1) is 20.5. The van der Waals surface area contributed by atoms with Gasteiger partial charge in [-0.3, -0.25) is 4.79 Å². The van der Waals surface area contributed by atoms with Gasteiger partial charge in [-0.2, -0.15) is 0 Å². The van der Waals surface area contributed by atoms with E-state index in [9.17, 15) is 14.7 Å². The molecule has 160 valence electrons. The number of carboxylic acids is 1. The summed E-state index contributed by atoms with van der Waals surface area (Å²) in [7, 11) is 0. The first-order valence-electron chi connectivity index (χ1n) is 9.66. The molecule has 0 amide bonds. The number of carbonyl (C=O) groups is 2. The van der Waals surface area contributed by atoms with Crippen LogP contribution >= 0.6 is 0 Å². The first-order valence-corrected chi connectivity index (χ1v) is 9.66. The zero-order chi connectivity index (χ0) is 22.1. The number of aromatic amines is 2. The van der Waals surface area contributed by atoms with Crippen LogP contribution in [-0.2, 0) is 22.4 Å². The molecule has 31 heavy (non-hydrogen) atoms. The summed E-state index contributed by atoms with van der Waals surface area (Å²) in [5, 5.41) is 20.3. The molecule has 0 aliphatic rings. The third-order valence-corrected chi connectivity index (χ3v) is 5.21. The average Bonchev–Trinajstić information content (AvgIpc) is 3.31. The van der Waals surface area contributed by atoms with Gasteiger partial charge in [0.2, 0.25) is 0 Å². The van der Waals surface area contributed by atoms with Crippen LogP contribution in [0, 0.1) is 0 Å². The Morgan fingerprint density at radius 3 is 2.13 bits per heavy atom. The number of rotatable bonds is 7. The maximum Gasteiger partial charge on any atom is 0.328 e. The average molecular weight is 422 g/mol. The monoisotopic (exact) mass is 422 g/mol. The number of H-pyrrole nitrogens is 2. The largest absolute Gasteiger partial charge is 0.508 e. The number of benzene rings is 2. The zero-order valence-electron chi connectivity index (χ0n) is 16.5. The lowest BCUT2D eigenvalue weighted by Gasteiger charge is -2.11. The molecule has 4 aromatic rings. The van der Waals surface area contributed by atoms with E-state index in [1.165, 1.54) is 0 Å². The van der Waals surface area contributed by atoms with Crippen LogP contribution in [0.25, 0.3) is 21.8 Å². The van der Waals surface area contributed by atoms with Crippen molar-refractivity contribution in [3.05, 3.63) is 59.9 Å². The van der Waals surface area contributed by atoms with Crippen molar-refractivity contribution in [2.24, 2.45) is 11.5 Å². The van der Waals surface area contributed by atoms with Crippen molar-refractivity contribution in [3.8, 4) is 11.5 Å². The SMILES string of the molecule is NC(Cc1c[nH]c2ccc(OC(=O)[C@@H](N)Cc3c[nH]c4ccc(O)cc34)cc12)C(=O)O. The van der Waals surface area contributed by atoms with E-state index in [0.717, 1.165) is 27.4 Å². The van der Waals surface area contributed by atoms with Crippen LogP contribution in [0.2, 0.25) is 0 Å². The summed E-state index contributed by atoms with van der Waals surface area (Å²) in [6, 6.07) is 8.02. The number of aromatic nitrogens is 2. The molecule has 2 atom stereocenters. The van der Waals surface area contributed by atoms with Gasteiger partial charge in [0.25, 0.3) is 0 Å². The van der Waals surface area contributed by atoms with Crippen LogP contribution in [0.5, 0.6) is 11.5 Å². The third-order valence-electron chi connectivity index (χ3n) is 5.21. The Kier molecular flexibility index (Phi) is 5.37. The van der Waals surface area contributed by atoms with Crippen molar-refractivity contribution in [3.63, 3.8) is 0 Å². The van der Waals surface area contributed by atoms with Gasteiger partial charge in [0.15, 0.2) is 0 Å². The highest BCUT2D eigenvalue weighted by molar-refractivity contribution is 5.88. The number of ether oxygens (including phenoxy) is 1. The van der Waals surface area contributed by atoms with E-state index in [1.54, 1.807) is 48.8 Å². The highest BCUT2D eigenvalue weighted by Crippen LogP contribution is 2.26. The number of hydrogen-bond donors (Lipinski definition) is 6. The van der Waals surface area contributed by atoms with Gasteiger partial charge in [0.05, 0.1) is 0 Å². The molecule has 4 rings (SSSR count). The molecule has 0 aliphatic carbocycles.